The monoisotopic (exact) mass is 276 g/mol. The minimum atomic E-state index is -0.273. The summed E-state index contributed by atoms with van der Waals surface area (Å²) in [6.07, 6.45) is 0. The summed E-state index contributed by atoms with van der Waals surface area (Å²) in [5, 5.41) is 4.35. The minimum absolute atomic E-state index is 0.273. The third-order valence-electron chi connectivity index (χ3n) is 3.12. The van der Waals surface area contributed by atoms with Crippen molar-refractivity contribution in [2.24, 2.45) is 7.05 Å². The zero-order valence-corrected chi connectivity index (χ0v) is 11.7. The van der Waals surface area contributed by atoms with Crippen molar-refractivity contribution < 1.29 is 4.39 Å². The van der Waals surface area contributed by atoms with Crippen LogP contribution in [0, 0.1) is 24.4 Å². The molecule has 3 aromatic rings. The molecule has 0 atom stereocenters. The molecule has 6 heteroatoms. The number of benzene rings is 1. The molecular formula is C13H13FN4S. The van der Waals surface area contributed by atoms with E-state index in [1.807, 2.05) is 27.0 Å². The molecule has 1 N–H and O–H groups in total. The average molecular weight is 276 g/mol. The van der Waals surface area contributed by atoms with Crippen molar-refractivity contribution >= 4 is 23.4 Å². The van der Waals surface area contributed by atoms with E-state index in [2.05, 4.69) is 10.1 Å². The number of fused-ring (bicyclic) bond motifs is 1. The van der Waals surface area contributed by atoms with Gasteiger partial charge in [0.25, 0.3) is 0 Å². The quantitative estimate of drug-likeness (QED) is 0.693. The van der Waals surface area contributed by atoms with Crippen LogP contribution in [0.2, 0.25) is 0 Å². The Hall–Kier alpha value is -1.95. The first-order valence-corrected chi connectivity index (χ1v) is 6.30. The van der Waals surface area contributed by atoms with Crippen LogP contribution >= 0.6 is 12.2 Å². The Morgan fingerprint density at radius 1 is 1.26 bits per heavy atom. The van der Waals surface area contributed by atoms with E-state index >= 15 is 0 Å². The molecule has 0 aliphatic heterocycles. The first-order chi connectivity index (χ1) is 8.97. The summed E-state index contributed by atoms with van der Waals surface area (Å²) in [5.41, 5.74) is 4.15. The van der Waals surface area contributed by atoms with Gasteiger partial charge in [-0.15, -0.1) is 0 Å². The van der Waals surface area contributed by atoms with E-state index in [1.54, 1.807) is 9.25 Å². The van der Waals surface area contributed by atoms with Gasteiger partial charge in [0.05, 0.1) is 11.4 Å². The summed E-state index contributed by atoms with van der Waals surface area (Å²) < 4.78 is 17.7. The first-order valence-electron chi connectivity index (χ1n) is 5.89. The number of halogens is 1. The fourth-order valence-electron chi connectivity index (χ4n) is 2.39. The highest BCUT2D eigenvalue weighted by molar-refractivity contribution is 7.71. The molecule has 4 nitrogen and oxygen atoms in total. The van der Waals surface area contributed by atoms with E-state index in [9.17, 15) is 4.39 Å². The van der Waals surface area contributed by atoms with E-state index in [4.69, 9.17) is 12.2 Å². The molecule has 0 aliphatic carbocycles. The fourth-order valence-corrected chi connectivity index (χ4v) is 2.69. The van der Waals surface area contributed by atoms with Gasteiger partial charge in [-0.2, -0.15) is 5.10 Å². The Kier molecular flexibility index (Phi) is 2.56. The first kappa shape index (κ1) is 12.1. The molecule has 3 rings (SSSR count). The van der Waals surface area contributed by atoms with E-state index < -0.39 is 0 Å². The summed E-state index contributed by atoms with van der Waals surface area (Å²) in [5.74, 6) is -0.273. The van der Waals surface area contributed by atoms with Gasteiger partial charge in [-0.3, -0.25) is 4.57 Å². The highest BCUT2D eigenvalue weighted by atomic mass is 32.1. The lowest BCUT2D eigenvalue weighted by molar-refractivity contribution is 0.625. The number of nitrogens with one attached hydrogen (secondary N) is 1. The number of rotatable bonds is 1. The molecular weight excluding hydrogens is 263 g/mol. The predicted octanol–water partition coefficient (Wildman–Crippen LogP) is 3.18. The van der Waals surface area contributed by atoms with Gasteiger partial charge in [-0.25, -0.2) is 9.07 Å². The summed E-state index contributed by atoms with van der Waals surface area (Å²) in [7, 11) is 1.85. The molecule has 0 saturated carbocycles. The van der Waals surface area contributed by atoms with Crippen LogP contribution in [-0.4, -0.2) is 19.3 Å². The van der Waals surface area contributed by atoms with Crippen molar-refractivity contribution in [2.45, 2.75) is 13.8 Å². The van der Waals surface area contributed by atoms with Gasteiger partial charge < -0.3 is 4.98 Å². The molecule has 0 aliphatic rings. The Bertz CT molecular complexity index is 820. The fraction of sp³-hybridized carbons (Fsp3) is 0.231. The summed E-state index contributed by atoms with van der Waals surface area (Å²) >= 11 is 5.34. The van der Waals surface area contributed by atoms with E-state index in [0.29, 0.717) is 10.5 Å². The number of H-pyrrole nitrogens is 1. The minimum Gasteiger partial charge on any atom is -0.327 e. The Morgan fingerprint density at radius 3 is 2.68 bits per heavy atom. The molecule has 1 aromatic carbocycles. The maximum absolute atomic E-state index is 13.6. The van der Waals surface area contributed by atoms with Gasteiger partial charge in [0, 0.05) is 7.05 Å². The van der Waals surface area contributed by atoms with Gasteiger partial charge >= 0.3 is 0 Å². The van der Waals surface area contributed by atoms with Crippen molar-refractivity contribution in [2.75, 3.05) is 0 Å². The Balaban J connectivity index is 2.42. The van der Waals surface area contributed by atoms with Crippen LogP contribution in [0.25, 0.3) is 16.9 Å². The average Bonchev–Trinajstić information content (AvgIpc) is 2.76. The summed E-state index contributed by atoms with van der Waals surface area (Å²) in [6.45, 7) is 3.77. The number of imidazole rings is 1. The van der Waals surface area contributed by atoms with Gasteiger partial charge in [0.2, 0.25) is 0 Å². The van der Waals surface area contributed by atoms with Gasteiger partial charge in [0.15, 0.2) is 10.4 Å². The van der Waals surface area contributed by atoms with E-state index in [1.165, 1.54) is 12.1 Å². The third kappa shape index (κ3) is 1.79. The highest BCUT2D eigenvalue weighted by Crippen LogP contribution is 2.22. The van der Waals surface area contributed by atoms with Crippen molar-refractivity contribution in [3.05, 3.63) is 40.0 Å². The molecule has 0 fully saturated rings. The maximum Gasteiger partial charge on any atom is 0.184 e. The third-order valence-corrected chi connectivity index (χ3v) is 3.41. The van der Waals surface area contributed by atoms with E-state index in [0.717, 1.165) is 22.4 Å². The number of hydrogen-bond donors (Lipinski definition) is 1. The maximum atomic E-state index is 13.6. The largest absolute Gasteiger partial charge is 0.327 e. The molecule has 19 heavy (non-hydrogen) atoms. The molecule has 0 spiro atoms. The predicted molar refractivity (Wildman–Crippen MR) is 74.7 cm³/mol. The molecule has 0 amide bonds. The van der Waals surface area contributed by atoms with Gasteiger partial charge in [0.1, 0.15) is 11.3 Å². The normalized spacial score (nSPS) is 11.4. The number of hydrogen-bond acceptors (Lipinski definition) is 2. The number of nitrogens with zero attached hydrogens (tertiary/aromatic N) is 3. The van der Waals surface area contributed by atoms with Crippen LogP contribution in [0.3, 0.4) is 0 Å². The number of aromatic nitrogens is 4. The SMILES string of the molecule is Cc1cc(F)cc(-n2c(=S)[nH]c3c(C)nn(C)c32)c1. The van der Waals surface area contributed by atoms with Crippen LogP contribution in [-0.2, 0) is 7.05 Å². The molecule has 0 saturated heterocycles. The second-order valence-electron chi connectivity index (χ2n) is 4.66. The molecule has 0 radical (unpaired) electrons. The van der Waals surface area contributed by atoms with Crippen molar-refractivity contribution in [3.8, 4) is 5.69 Å². The van der Waals surface area contributed by atoms with Crippen molar-refractivity contribution in [1.29, 1.82) is 0 Å². The lowest BCUT2D eigenvalue weighted by atomic mass is 10.2. The summed E-state index contributed by atoms with van der Waals surface area (Å²) in [6, 6.07) is 4.86. The number of aromatic amines is 1. The lowest BCUT2D eigenvalue weighted by Gasteiger charge is -2.06. The Labute approximate surface area is 114 Å². The van der Waals surface area contributed by atoms with E-state index in [-0.39, 0.29) is 5.82 Å². The lowest BCUT2D eigenvalue weighted by Crippen LogP contribution is -2.01. The van der Waals surface area contributed by atoms with Crippen LogP contribution in [0.4, 0.5) is 4.39 Å². The standard InChI is InChI=1S/C13H13FN4S/c1-7-4-9(14)6-10(5-7)18-12-11(15-13(18)19)8(2)16-17(12)3/h4-6H,1-3H3,(H,15,19). The van der Waals surface area contributed by atoms with Crippen molar-refractivity contribution in [3.63, 3.8) is 0 Å². The smallest absolute Gasteiger partial charge is 0.184 e. The van der Waals surface area contributed by atoms with Crippen LogP contribution < -0.4 is 0 Å². The second kappa shape index (κ2) is 4.03. The van der Waals surface area contributed by atoms with Gasteiger partial charge in [-0.05, 0) is 49.8 Å². The Morgan fingerprint density at radius 2 is 2.00 bits per heavy atom. The zero-order valence-electron chi connectivity index (χ0n) is 10.9. The van der Waals surface area contributed by atoms with Gasteiger partial charge in [-0.1, -0.05) is 0 Å². The van der Waals surface area contributed by atoms with Crippen molar-refractivity contribution in [1.82, 2.24) is 19.3 Å². The second-order valence-corrected chi connectivity index (χ2v) is 5.05. The highest BCUT2D eigenvalue weighted by Gasteiger charge is 2.14. The summed E-state index contributed by atoms with van der Waals surface area (Å²) in [4.78, 5) is 3.13. The topological polar surface area (TPSA) is 38.5 Å². The molecule has 2 heterocycles. The molecule has 2 aromatic heterocycles. The molecule has 0 bridgehead atoms. The number of aryl methyl sites for hydroxylation is 3. The zero-order chi connectivity index (χ0) is 13.7. The molecule has 98 valence electrons. The van der Waals surface area contributed by atoms with Crippen LogP contribution in [0.1, 0.15) is 11.3 Å². The van der Waals surface area contributed by atoms with Crippen LogP contribution in [0.15, 0.2) is 18.2 Å². The van der Waals surface area contributed by atoms with Crippen LogP contribution in [0.5, 0.6) is 0 Å². The molecule has 0 unspecified atom stereocenters.